The summed E-state index contributed by atoms with van der Waals surface area (Å²) in [5, 5.41) is 8.81. The molecule has 0 unspecified atom stereocenters. The summed E-state index contributed by atoms with van der Waals surface area (Å²) in [5.41, 5.74) is 3.72. The minimum atomic E-state index is -0.180. The van der Waals surface area contributed by atoms with E-state index in [1.807, 2.05) is 18.2 Å². The fourth-order valence-electron chi connectivity index (χ4n) is 3.04. The van der Waals surface area contributed by atoms with Crippen LogP contribution in [0.3, 0.4) is 0 Å². The molecule has 0 aromatic heterocycles. The molecule has 2 aliphatic rings. The van der Waals surface area contributed by atoms with E-state index in [0.29, 0.717) is 19.6 Å². The topological polar surface area (TPSA) is 73.5 Å². The second-order valence-electron chi connectivity index (χ2n) is 6.19. The molecule has 3 rings (SSSR count). The van der Waals surface area contributed by atoms with Crippen molar-refractivity contribution in [1.82, 2.24) is 20.9 Å². The van der Waals surface area contributed by atoms with E-state index < -0.39 is 0 Å². The van der Waals surface area contributed by atoms with Gasteiger partial charge in [-0.15, -0.1) is 12.4 Å². The number of amides is 3. The maximum atomic E-state index is 12.2. The van der Waals surface area contributed by atoms with Crippen molar-refractivity contribution in [3.63, 3.8) is 0 Å². The van der Waals surface area contributed by atoms with Gasteiger partial charge >= 0.3 is 6.03 Å². The highest BCUT2D eigenvalue weighted by Gasteiger charge is 2.20. The number of rotatable bonds is 4. The molecule has 1 aromatic rings. The molecule has 1 aromatic carbocycles. The molecule has 0 atom stereocenters. The first-order chi connectivity index (χ1) is 11.7. The summed E-state index contributed by atoms with van der Waals surface area (Å²) >= 11 is 0. The fourth-order valence-corrected chi connectivity index (χ4v) is 3.04. The Morgan fingerprint density at radius 1 is 1.12 bits per heavy atom. The lowest BCUT2D eigenvalue weighted by molar-refractivity contribution is -0.119. The molecule has 6 nitrogen and oxygen atoms in total. The number of carbonyl (C=O) groups is 2. The highest BCUT2D eigenvalue weighted by Crippen LogP contribution is 2.18. The molecule has 0 saturated heterocycles. The van der Waals surface area contributed by atoms with Crippen molar-refractivity contribution in [1.29, 1.82) is 0 Å². The largest absolute Gasteiger partial charge is 0.351 e. The Morgan fingerprint density at radius 3 is 2.68 bits per heavy atom. The Bertz CT molecular complexity index is 648. The van der Waals surface area contributed by atoms with Crippen molar-refractivity contribution in [3.8, 4) is 0 Å². The van der Waals surface area contributed by atoms with Crippen molar-refractivity contribution in [2.75, 3.05) is 32.7 Å². The average molecular weight is 365 g/mol. The molecule has 136 valence electrons. The standard InChI is InChI=1S/C18H24N4O2.ClH/c23-17(20-11-14-5-8-19-9-6-14)12-21-18(24)22-10-7-15-3-1-2-4-16(15)13-22;/h1-5,19H,6-13H2,(H,20,23)(H,21,24);1H. The molecular formula is C18H25ClN4O2. The lowest BCUT2D eigenvalue weighted by Crippen LogP contribution is -2.46. The molecule has 7 heteroatoms. The van der Waals surface area contributed by atoms with Gasteiger partial charge in [0, 0.05) is 26.2 Å². The van der Waals surface area contributed by atoms with E-state index in [9.17, 15) is 9.59 Å². The van der Waals surface area contributed by atoms with Crippen LogP contribution in [0.4, 0.5) is 4.79 Å². The van der Waals surface area contributed by atoms with Crippen LogP contribution in [0, 0.1) is 0 Å². The van der Waals surface area contributed by atoms with E-state index in [1.165, 1.54) is 16.7 Å². The zero-order valence-corrected chi connectivity index (χ0v) is 15.0. The number of fused-ring (bicyclic) bond motifs is 1. The quantitative estimate of drug-likeness (QED) is 0.703. The normalized spacial score (nSPS) is 16.2. The highest BCUT2D eigenvalue weighted by atomic mass is 35.5. The summed E-state index contributed by atoms with van der Waals surface area (Å²) in [6.07, 6.45) is 3.92. The zero-order valence-electron chi connectivity index (χ0n) is 14.2. The molecule has 0 aliphatic carbocycles. The van der Waals surface area contributed by atoms with Gasteiger partial charge in [-0.05, 0) is 30.5 Å². The summed E-state index contributed by atoms with van der Waals surface area (Å²) in [5.74, 6) is -0.153. The van der Waals surface area contributed by atoms with Gasteiger partial charge in [-0.1, -0.05) is 35.9 Å². The van der Waals surface area contributed by atoms with E-state index in [4.69, 9.17) is 0 Å². The molecule has 0 saturated carbocycles. The molecular weight excluding hydrogens is 340 g/mol. The number of halogens is 1. The first-order valence-electron chi connectivity index (χ1n) is 8.47. The Balaban J connectivity index is 0.00000225. The van der Waals surface area contributed by atoms with Crippen LogP contribution < -0.4 is 16.0 Å². The van der Waals surface area contributed by atoms with Crippen LogP contribution in [-0.2, 0) is 17.8 Å². The summed E-state index contributed by atoms with van der Waals surface area (Å²) in [4.78, 5) is 25.9. The van der Waals surface area contributed by atoms with Gasteiger partial charge in [0.15, 0.2) is 0 Å². The third kappa shape index (κ3) is 5.47. The maximum absolute atomic E-state index is 12.2. The van der Waals surface area contributed by atoms with E-state index in [2.05, 4.69) is 28.1 Å². The third-order valence-electron chi connectivity index (χ3n) is 4.49. The summed E-state index contributed by atoms with van der Waals surface area (Å²) in [6, 6.07) is 7.99. The highest BCUT2D eigenvalue weighted by molar-refractivity contribution is 5.85. The number of hydrogen-bond donors (Lipinski definition) is 3. The maximum Gasteiger partial charge on any atom is 0.318 e. The van der Waals surface area contributed by atoms with Crippen LogP contribution in [0.2, 0.25) is 0 Å². The van der Waals surface area contributed by atoms with Gasteiger partial charge in [-0.25, -0.2) is 4.79 Å². The molecule has 0 fully saturated rings. The second kappa shape index (κ2) is 9.44. The number of carbonyl (C=O) groups excluding carboxylic acids is 2. The van der Waals surface area contributed by atoms with Crippen LogP contribution in [0.1, 0.15) is 17.5 Å². The number of benzene rings is 1. The lowest BCUT2D eigenvalue weighted by atomic mass is 10.0. The predicted molar refractivity (Wildman–Crippen MR) is 99.8 cm³/mol. The average Bonchev–Trinajstić information content (AvgIpc) is 2.65. The van der Waals surface area contributed by atoms with Crippen LogP contribution in [-0.4, -0.2) is 49.6 Å². The molecule has 3 amide bonds. The summed E-state index contributed by atoms with van der Waals surface area (Å²) < 4.78 is 0. The van der Waals surface area contributed by atoms with Gasteiger partial charge < -0.3 is 20.9 Å². The Morgan fingerprint density at radius 2 is 1.92 bits per heavy atom. The van der Waals surface area contributed by atoms with Gasteiger partial charge in [0.05, 0.1) is 6.54 Å². The minimum absolute atomic E-state index is 0. The first-order valence-corrected chi connectivity index (χ1v) is 8.47. The van der Waals surface area contributed by atoms with E-state index >= 15 is 0 Å². The van der Waals surface area contributed by atoms with Crippen molar-refractivity contribution in [2.45, 2.75) is 19.4 Å². The Kier molecular flexibility index (Phi) is 7.28. The summed E-state index contributed by atoms with van der Waals surface area (Å²) in [6.45, 7) is 3.68. The number of hydrogen-bond acceptors (Lipinski definition) is 3. The molecule has 0 spiro atoms. The van der Waals surface area contributed by atoms with E-state index in [0.717, 1.165) is 25.9 Å². The summed E-state index contributed by atoms with van der Waals surface area (Å²) in [7, 11) is 0. The predicted octanol–water partition coefficient (Wildman–Crippen LogP) is 1.21. The van der Waals surface area contributed by atoms with Crippen molar-refractivity contribution in [3.05, 3.63) is 47.0 Å². The van der Waals surface area contributed by atoms with Gasteiger partial charge in [0.1, 0.15) is 0 Å². The van der Waals surface area contributed by atoms with E-state index in [1.54, 1.807) is 4.90 Å². The van der Waals surface area contributed by atoms with Crippen molar-refractivity contribution >= 4 is 24.3 Å². The number of urea groups is 1. The molecule has 0 radical (unpaired) electrons. The van der Waals surface area contributed by atoms with Crippen LogP contribution in [0.15, 0.2) is 35.9 Å². The number of nitrogens with one attached hydrogen (secondary N) is 3. The zero-order chi connectivity index (χ0) is 16.8. The molecule has 2 aliphatic heterocycles. The Hall–Kier alpha value is -2.05. The number of nitrogens with zero attached hydrogens (tertiary/aromatic N) is 1. The fraction of sp³-hybridized carbons (Fsp3) is 0.444. The van der Waals surface area contributed by atoms with Gasteiger partial charge in [0.25, 0.3) is 0 Å². The van der Waals surface area contributed by atoms with Gasteiger partial charge in [-0.3, -0.25) is 4.79 Å². The third-order valence-corrected chi connectivity index (χ3v) is 4.49. The van der Waals surface area contributed by atoms with Gasteiger partial charge in [-0.2, -0.15) is 0 Å². The first kappa shape index (κ1) is 19.3. The van der Waals surface area contributed by atoms with Crippen LogP contribution in [0.25, 0.3) is 0 Å². The lowest BCUT2D eigenvalue weighted by Gasteiger charge is -2.28. The Labute approximate surface area is 154 Å². The van der Waals surface area contributed by atoms with E-state index in [-0.39, 0.29) is 30.9 Å². The molecule has 25 heavy (non-hydrogen) atoms. The van der Waals surface area contributed by atoms with Crippen LogP contribution in [0.5, 0.6) is 0 Å². The molecule has 2 heterocycles. The minimum Gasteiger partial charge on any atom is -0.351 e. The van der Waals surface area contributed by atoms with Gasteiger partial charge in [0.2, 0.25) is 5.91 Å². The van der Waals surface area contributed by atoms with Crippen molar-refractivity contribution < 1.29 is 9.59 Å². The molecule has 3 N–H and O–H groups in total. The van der Waals surface area contributed by atoms with Crippen molar-refractivity contribution in [2.24, 2.45) is 0 Å². The second-order valence-corrected chi connectivity index (χ2v) is 6.19. The smallest absolute Gasteiger partial charge is 0.318 e. The molecule has 0 bridgehead atoms. The SMILES string of the molecule is Cl.O=C(CNC(=O)N1CCc2ccccc2C1)NCC1=CCNCC1. The monoisotopic (exact) mass is 364 g/mol. The van der Waals surface area contributed by atoms with Crippen LogP contribution >= 0.6 is 12.4 Å².